The minimum Gasteiger partial charge on any atom is -0.462 e. The van der Waals surface area contributed by atoms with E-state index in [9.17, 15) is 15.2 Å². The van der Waals surface area contributed by atoms with Gasteiger partial charge in [0.15, 0.2) is 12.0 Å². The Kier molecular flexibility index (Phi) is 5.13. The van der Waals surface area contributed by atoms with Gasteiger partial charge in [0.25, 0.3) is 0 Å². The Balaban J connectivity index is 2.52. The maximum atomic E-state index is 10.5. The summed E-state index contributed by atoms with van der Waals surface area (Å²) in [5.74, 6) is 0.130. The quantitative estimate of drug-likeness (QED) is 0.332. The number of aliphatic hydroxyl groups excluding tert-OH is 1. The highest BCUT2D eigenvalue weighted by molar-refractivity contribution is 7.19. The molecule has 0 radical (unpaired) electrons. The van der Waals surface area contributed by atoms with Gasteiger partial charge in [0.1, 0.15) is 5.00 Å². The molecule has 0 spiro atoms. The molecular weight excluding hydrogens is 248 g/mol. The lowest BCUT2D eigenvalue weighted by Gasteiger charge is -2.12. The van der Waals surface area contributed by atoms with Crippen molar-refractivity contribution in [1.82, 2.24) is 0 Å². The fraction of sp³-hybridized carbons (Fsp3) is 0.556. The third-order valence-electron chi connectivity index (χ3n) is 1.87. The van der Waals surface area contributed by atoms with Crippen LogP contribution in [0.25, 0.3) is 0 Å². The number of anilines is 1. The lowest BCUT2D eigenvalue weighted by atomic mass is 10.4. The Morgan fingerprint density at radius 3 is 2.94 bits per heavy atom. The number of thiophene rings is 1. The second-order valence-electron chi connectivity index (χ2n) is 3.13. The van der Waals surface area contributed by atoms with Gasteiger partial charge in [0, 0.05) is 13.0 Å². The van der Waals surface area contributed by atoms with Crippen LogP contribution >= 0.6 is 11.3 Å². The Labute approximate surface area is 102 Å². The summed E-state index contributed by atoms with van der Waals surface area (Å²) in [5, 5.41) is 20.0. The number of nitro groups is 1. The lowest BCUT2D eigenvalue weighted by Crippen LogP contribution is -2.18. The Bertz CT molecular complexity index is 381. The van der Waals surface area contributed by atoms with Gasteiger partial charge in [-0.1, -0.05) is 0 Å². The van der Waals surface area contributed by atoms with E-state index < -0.39 is 11.2 Å². The normalized spacial score (nSPS) is 12.4. The van der Waals surface area contributed by atoms with E-state index in [0.717, 1.165) is 11.3 Å². The summed E-state index contributed by atoms with van der Waals surface area (Å²) in [6.07, 6.45) is -0.810. The number of aliphatic hydroxyl groups is 1. The van der Waals surface area contributed by atoms with Gasteiger partial charge in [-0.2, -0.15) is 0 Å². The average molecular weight is 262 g/mol. The topological polar surface area (TPSA) is 108 Å². The van der Waals surface area contributed by atoms with Gasteiger partial charge >= 0.3 is 5.00 Å². The van der Waals surface area contributed by atoms with Gasteiger partial charge in [0.05, 0.1) is 17.6 Å². The van der Waals surface area contributed by atoms with Crippen LogP contribution in [0.3, 0.4) is 0 Å². The smallest absolute Gasteiger partial charge is 0.329 e. The fourth-order valence-corrected chi connectivity index (χ4v) is 1.77. The summed E-state index contributed by atoms with van der Waals surface area (Å²) in [7, 11) is 0. The summed E-state index contributed by atoms with van der Waals surface area (Å²) in [6, 6.07) is 1.20. The molecule has 1 rings (SSSR count). The van der Waals surface area contributed by atoms with E-state index in [4.69, 9.17) is 15.2 Å². The molecule has 1 heterocycles. The largest absolute Gasteiger partial charge is 0.462 e. The second kappa shape index (κ2) is 6.38. The third-order valence-corrected chi connectivity index (χ3v) is 2.77. The zero-order chi connectivity index (χ0) is 12.8. The summed E-state index contributed by atoms with van der Waals surface area (Å²) < 4.78 is 10.1. The molecule has 8 heteroatoms. The molecule has 0 aliphatic carbocycles. The predicted octanol–water partition coefficient (Wildman–Crippen LogP) is 1.36. The summed E-state index contributed by atoms with van der Waals surface area (Å²) in [5.41, 5.74) is 5.53. The summed E-state index contributed by atoms with van der Waals surface area (Å²) in [4.78, 5) is 9.93. The fourth-order valence-electron chi connectivity index (χ4n) is 1.09. The SMILES string of the molecule is CCOCCC(O)Oc1cc([N+](=O)[O-])sc1N. The third kappa shape index (κ3) is 4.17. The van der Waals surface area contributed by atoms with Crippen LogP contribution in [0.5, 0.6) is 5.75 Å². The van der Waals surface area contributed by atoms with E-state index in [0.29, 0.717) is 13.2 Å². The van der Waals surface area contributed by atoms with Crippen LogP contribution in [-0.2, 0) is 4.74 Å². The molecular formula is C9H14N2O5S. The summed E-state index contributed by atoms with van der Waals surface area (Å²) >= 11 is 0.804. The summed E-state index contributed by atoms with van der Waals surface area (Å²) in [6.45, 7) is 2.75. The van der Waals surface area contributed by atoms with Crippen molar-refractivity contribution in [2.24, 2.45) is 0 Å². The Morgan fingerprint density at radius 1 is 1.71 bits per heavy atom. The van der Waals surface area contributed by atoms with E-state index in [1.165, 1.54) is 6.07 Å². The van der Waals surface area contributed by atoms with Gasteiger partial charge in [-0.3, -0.25) is 10.1 Å². The second-order valence-corrected chi connectivity index (χ2v) is 4.19. The molecule has 1 unspecified atom stereocenters. The molecule has 1 aromatic rings. The molecule has 3 N–H and O–H groups in total. The van der Waals surface area contributed by atoms with Crippen LogP contribution in [0.1, 0.15) is 13.3 Å². The molecule has 1 aromatic heterocycles. The highest BCUT2D eigenvalue weighted by Gasteiger charge is 2.18. The first-order valence-corrected chi connectivity index (χ1v) is 5.82. The lowest BCUT2D eigenvalue weighted by molar-refractivity contribution is -0.380. The van der Waals surface area contributed by atoms with Gasteiger partial charge < -0.3 is 20.3 Å². The number of nitrogens with two attached hydrogens (primary N) is 1. The maximum Gasteiger partial charge on any atom is 0.329 e. The molecule has 0 saturated carbocycles. The number of nitrogens with zero attached hydrogens (tertiary/aromatic N) is 1. The number of hydrogen-bond acceptors (Lipinski definition) is 7. The number of ether oxygens (including phenoxy) is 2. The standard InChI is InChI=1S/C9H14N2O5S/c1-2-15-4-3-8(12)16-6-5-7(11(13)14)17-9(6)10/h5,8,12H,2-4,10H2,1H3. The van der Waals surface area contributed by atoms with Crippen molar-refractivity contribution in [1.29, 1.82) is 0 Å². The maximum absolute atomic E-state index is 10.5. The molecule has 0 aliphatic rings. The van der Waals surface area contributed by atoms with Crippen molar-refractivity contribution in [2.75, 3.05) is 18.9 Å². The molecule has 0 aliphatic heterocycles. The molecule has 0 bridgehead atoms. The van der Waals surface area contributed by atoms with E-state index in [2.05, 4.69) is 0 Å². The van der Waals surface area contributed by atoms with Crippen LogP contribution in [0.15, 0.2) is 6.07 Å². The van der Waals surface area contributed by atoms with Crippen molar-refractivity contribution in [3.8, 4) is 5.75 Å². The first kappa shape index (κ1) is 13.7. The van der Waals surface area contributed by atoms with Crippen LogP contribution < -0.4 is 10.5 Å². The molecule has 96 valence electrons. The minimum atomic E-state index is -1.09. The molecule has 0 saturated heterocycles. The van der Waals surface area contributed by atoms with Crippen LogP contribution in [-0.4, -0.2) is 29.5 Å². The number of nitrogen functional groups attached to an aromatic ring is 1. The van der Waals surface area contributed by atoms with Crippen LogP contribution in [0.4, 0.5) is 10.0 Å². The van der Waals surface area contributed by atoms with Crippen molar-refractivity contribution in [3.63, 3.8) is 0 Å². The average Bonchev–Trinajstić information content (AvgIpc) is 2.61. The predicted molar refractivity (Wildman–Crippen MR) is 63.1 cm³/mol. The Morgan fingerprint density at radius 2 is 2.41 bits per heavy atom. The van der Waals surface area contributed by atoms with Gasteiger partial charge in [-0.25, -0.2) is 0 Å². The molecule has 7 nitrogen and oxygen atoms in total. The zero-order valence-corrected chi connectivity index (χ0v) is 10.1. The van der Waals surface area contributed by atoms with E-state index in [1.54, 1.807) is 0 Å². The van der Waals surface area contributed by atoms with Gasteiger partial charge in [0.2, 0.25) is 0 Å². The van der Waals surface area contributed by atoms with E-state index in [-0.39, 0.29) is 22.2 Å². The molecule has 0 fully saturated rings. The number of hydrogen-bond donors (Lipinski definition) is 2. The first-order valence-electron chi connectivity index (χ1n) is 5.00. The minimum absolute atomic E-state index is 0.116. The molecule has 1 atom stereocenters. The molecule has 0 aromatic carbocycles. The van der Waals surface area contributed by atoms with Crippen LogP contribution in [0, 0.1) is 10.1 Å². The first-order chi connectivity index (χ1) is 8.04. The van der Waals surface area contributed by atoms with Gasteiger partial charge in [-0.15, -0.1) is 0 Å². The number of rotatable bonds is 7. The highest BCUT2D eigenvalue weighted by atomic mass is 32.1. The molecule has 0 amide bonds. The van der Waals surface area contributed by atoms with E-state index in [1.807, 2.05) is 6.92 Å². The van der Waals surface area contributed by atoms with Crippen molar-refractivity contribution in [2.45, 2.75) is 19.6 Å². The van der Waals surface area contributed by atoms with Crippen molar-refractivity contribution < 1.29 is 19.5 Å². The highest BCUT2D eigenvalue weighted by Crippen LogP contribution is 2.37. The van der Waals surface area contributed by atoms with Crippen LogP contribution in [0.2, 0.25) is 0 Å². The Hall–Kier alpha value is -1.38. The van der Waals surface area contributed by atoms with Crippen molar-refractivity contribution >= 4 is 21.3 Å². The van der Waals surface area contributed by atoms with Gasteiger partial charge in [-0.05, 0) is 18.3 Å². The molecule has 17 heavy (non-hydrogen) atoms. The van der Waals surface area contributed by atoms with Crippen molar-refractivity contribution in [3.05, 3.63) is 16.2 Å². The van der Waals surface area contributed by atoms with E-state index >= 15 is 0 Å². The monoisotopic (exact) mass is 262 g/mol. The zero-order valence-electron chi connectivity index (χ0n) is 9.29.